The van der Waals surface area contributed by atoms with Gasteiger partial charge in [0.2, 0.25) is 0 Å². The Labute approximate surface area is 453 Å². The molecule has 3 N–H and O–H groups in total. The summed E-state index contributed by atoms with van der Waals surface area (Å²) in [6.07, 6.45) is -0.911. The molecular formula is C57H80N4O16. The molecule has 0 fully saturated rings. The van der Waals surface area contributed by atoms with Gasteiger partial charge in [-0.25, -0.2) is 33.6 Å². The number of hydrogen-bond donors (Lipinski definition) is 3. The molecule has 0 bridgehead atoms. The summed E-state index contributed by atoms with van der Waals surface area (Å²) in [5.74, 6) is -3.32. The molecule has 424 valence electrons. The third kappa shape index (κ3) is 23.9. The zero-order valence-corrected chi connectivity index (χ0v) is 46.7. The first-order valence-electron chi connectivity index (χ1n) is 25.2. The third-order valence-electron chi connectivity index (χ3n) is 11.8. The summed E-state index contributed by atoms with van der Waals surface area (Å²) in [5.41, 5.74) is -0.451. The largest absolute Gasteiger partial charge is 0.464 e. The summed E-state index contributed by atoms with van der Waals surface area (Å²) in [7, 11) is 0. The molecule has 0 spiro atoms. The Morgan fingerprint density at radius 2 is 0.922 bits per heavy atom. The van der Waals surface area contributed by atoms with Gasteiger partial charge in [0.1, 0.15) is 39.6 Å². The van der Waals surface area contributed by atoms with Gasteiger partial charge in [-0.2, -0.15) is 0 Å². The lowest BCUT2D eigenvalue weighted by Crippen LogP contribution is -2.45. The second kappa shape index (κ2) is 30.9. The van der Waals surface area contributed by atoms with E-state index in [0.29, 0.717) is 36.3 Å². The smallest absolute Gasteiger partial charge is 0.408 e. The fourth-order valence-corrected chi connectivity index (χ4v) is 7.08. The number of benzene rings is 2. The summed E-state index contributed by atoms with van der Waals surface area (Å²) < 4.78 is 42.6. The Bertz CT molecular complexity index is 2260. The van der Waals surface area contributed by atoms with Crippen LogP contribution in [0.1, 0.15) is 118 Å². The van der Waals surface area contributed by atoms with Crippen LogP contribution in [0.4, 0.5) is 14.4 Å². The molecule has 0 saturated heterocycles. The highest BCUT2D eigenvalue weighted by Crippen LogP contribution is 2.32. The third-order valence-corrected chi connectivity index (χ3v) is 11.8. The number of alkyl carbamates (subject to hydrolysis) is 3. The van der Waals surface area contributed by atoms with E-state index in [-0.39, 0.29) is 44.0 Å². The lowest BCUT2D eigenvalue weighted by Gasteiger charge is -2.31. The van der Waals surface area contributed by atoms with E-state index in [1.807, 2.05) is 64.1 Å². The molecule has 0 heterocycles. The van der Waals surface area contributed by atoms with Crippen LogP contribution in [0.2, 0.25) is 0 Å². The molecular weight excluding hydrogens is 997 g/mol. The van der Waals surface area contributed by atoms with Crippen LogP contribution in [0.5, 0.6) is 0 Å². The minimum atomic E-state index is -1.13. The normalized spacial score (nSPS) is 12.3. The number of carbonyl (C=O) groups is 8. The Morgan fingerprint density at radius 3 is 1.32 bits per heavy atom. The maximum absolute atomic E-state index is 13.3. The molecule has 2 unspecified atom stereocenters. The molecule has 20 nitrogen and oxygen atoms in total. The standard InChI is InChI=1S/C57H80N4O16/c1-16-19-26-61(27-29-70-48(64)33-54(8,9)40-22-20-23-41(31-40)56(12,13)59-52(68)76-44(34-72-46(62)17-2)36-74-49(65)38(4)5)28-30-71-51(67)58-55(10,11)42-24-21-25-43(32-42)57(14,15)60-53(69)77-45(35-73-47(63)18-3)37-75-50(66)39(6)7/h17-18,20-25,31-32,44-45H,2-4,6,16,19,26-30,33-37H2,1,5,7-15H3,(H,58,67)(H,59,68)(H,60,69). The number of nitrogens with one attached hydrogen (secondary N) is 3. The molecule has 20 heteroatoms. The molecule has 0 aliphatic carbocycles. The molecule has 0 saturated carbocycles. The van der Waals surface area contributed by atoms with E-state index >= 15 is 0 Å². The van der Waals surface area contributed by atoms with Crippen LogP contribution < -0.4 is 16.0 Å². The zero-order valence-electron chi connectivity index (χ0n) is 46.7. The van der Waals surface area contributed by atoms with Crippen molar-refractivity contribution < 1.29 is 76.3 Å². The molecule has 2 aromatic carbocycles. The average Bonchev–Trinajstić information content (AvgIpc) is 3.35. The maximum Gasteiger partial charge on any atom is 0.408 e. The van der Waals surface area contributed by atoms with Crippen molar-refractivity contribution in [3.8, 4) is 0 Å². The highest BCUT2D eigenvalue weighted by atomic mass is 16.6. The number of esters is 5. The van der Waals surface area contributed by atoms with Crippen LogP contribution in [0.3, 0.4) is 0 Å². The van der Waals surface area contributed by atoms with Gasteiger partial charge in [-0.3, -0.25) is 9.69 Å². The molecule has 2 atom stereocenters. The predicted molar refractivity (Wildman–Crippen MR) is 287 cm³/mol. The number of amides is 3. The first-order chi connectivity index (χ1) is 35.9. The van der Waals surface area contributed by atoms with Gasteiger partial charge >= 0.3 is 48.1 Å². The zero-order chi connectivity index (χ0) is 58.1. The Hall–Kier alpha value is -7.48. The van der Waals surface area contributed by atoms with E-state index in [4.69, 9.17) is 37.9 Å². The number of unbranched alkanes of at least 4 members (excludes halogenated alkanes) is 1. The number of nitrogens with zero attached hydrogens (tertiary/aromatic N) is 1. The maximum atomic E-state index is 13.3. The van der Waals surface area contributed by atoms with E-state index in [9.17, 15) is 38.4 Å². The van der Waals surface area contributed by atoms with Gasteiger partial charge in [-0.15, -0.1) is 0 Å². The van der Waals surface area contributed by atoms with Crippen LogP contribution in [-0.2, 0) is 83.9 Å². The van der Waals surface area contributed by atoms with E-state index in [1.54, 1.807) is 39.8 Å². The minimum Gasteiger partial charge on any atom is -0.464 e. The lowest BCUT2D eigenvalue weighted by molar-refractivity contribution is -0.148. The first kappa shape index (κ1) is 65.6. The van der Waals surface area contributed by atoms with Crippen molar-refractivity contribution in [3.63, 3.8) is 0 Å². The van der Waals surface area contributed by atoms with Crippen LogP contribution in [0.25, 0.3) is 0 Å². The van der Waals surface area contributed by atoms with Crippen LogP contribution >= 0.6 is 0 Å². The molecule has 2 aromatic rings. The molecule has 0 aliphatic rings. The molecule has 0 aliphatic heterocycles. The van der Waals surface area contributed by atoms with Gasteiger partial charge in [0.15, 0.2) is 12.2 Å². The number of rotatable bonds is 32. The molecule has 3 amide bonds. The van der Waals surface area contributed by atoms with E-state index in [2.05, 4.69) is 54.1 Å². The quantitative estimate of drug-likeness (QED) is 0.0356. The second-order valence-corrected chi connectivity index (χ2v) is 20.5. The fourth-order valence-electron chi connectivity index (χ4n) is 7.08. The van der Waals surface area contributed by atoms with Crippen molar-refractivity contribution >= 4 is 48.1 Å². The van der Waals surface area contributed by atoms with Crippen LogP contribution in [-0.4, -0.2) is 125 Å². The van der Waals surface area contributed by atoms with Crippen molar-refractivity contribution in [3.05, 3.63) is 120 Å². The molecule has 77 heavy (non-hydrogen) atoms. The average molecular weight is 1080 g/mol. The van der Waals surface area contributed by atoms with Crippen molar-refractivity contribution in [2.24, 2.45) is 0 Å². The molecule has 0 radical (unpaired) electrons. The molecule has 0 aromatic heterocycles. The van der Waals surface area contributed by atoms with Crippen LogP contribution in [0.15, 0.2) is 98.1 Å². The summed E-state index contributed by atoms with van der Waals surface area (Å²) in [6, 6.07) is 14.6. The SMILES string of the molecule is C=CC(=O)OCC(COC(=O)C(=C)C)OC(=O)NC(C)(C)c1cccc(C(C)(C)CC(=O)OCCN(CCCC)CCOC(=O)NC(C)(C)c2cccc(C(C)(C)NC(=O)OC(COC(=O)C=C)COC(=O)C(=C)C)c2)c1. The Morgan fingerprint density at radius 1 is 0.545 bits per heavy atom. The van der Waals surface area contributed by atoms with Gasteiger partial charge < -0.3 is 53.8 Å². The van der Waals surface area contributed by atoms with Crippen molar-refractivity contribution in [1.82, 2.24) is 20.9 Å². The molecule has 2 rings (SSSR count). The van der Waals surface area contributed by atoms with Gasteiger partial charge in [0, 0.05) is 41.8 Å². The minimum absolute atomic E-state index is 0.0469. The summed E-state index contributed by atoms with van der Waals surface area (Å²) in [4.78, 5) is 102. The highest BCUT2D eigenvalue weighted by Gasteiger charge is 2.32. The van der Waals surface area contributed by atoms with Gasteiger partial charge in [-0.05, 0) is 90.6 Å². The predicted octanol–water partition coefficient (Wildman–Crippen LogP) is 8.02. The highest BCUT2D eigenvalue weighted by molar-refractivity contribution is 5.87. The summed E-state index contributed by atoms with van der Waals surface area (Å²) >= 11 is 0. The van der Waals surface area contributed by atoms with Crippen molar-refractivity contribution in [2.45, 2.75) is 130 Å². The van der Waals surface area contributed by atoms with E-state index in [0.717, 1.165) is 30.6 Å². The van der Waals surface area contributed by atoms with Gasteiger partial charge in [-0.1, -0.05) is 102 Å². The number of ether oxygens (including phenoxy) is 8. The van der Waals surface area contributed by atoms with E-state index < -0.39 is 95.6 Å². The Kier molecular flexibility index (Phi) is 26.4. The number of carbonyl (C=O) groups excluding carboxylic acids is 8. The fraction of sp³-hybridized carbons (Fsp3) is 0.509. The van der Waals surface area contributed by atoms with Crippen molar-refractivity contribution in [1.29, 1.82) is 0 Å². The summed E-state index contributed by atoms with van der Waals surface area (Å²) in [6.45, 7) is 33.3. The van der Waals surface area contributed by atoms with Gasteiger partial charge in [0.25, 0.3) is 0 Å². The second-order valence-electron chi connectivity index (χ2n) is 20.5. The first-order valence-corrected chi connectivity index (χ1v) is 25.2. The monoisotopic (exact) mass is 1080 g/mol. The van der Waals surface area contributed by atoms with Crippen molar-refractivity contribution in [2.75, 3.05) is 59.3 Å². The topological polar surface area (TPSA) is 250 Å². The number of hydrogen-bond acceptors (Lipinski definition) is 17. The van der Waals surface area contributed by atoms with Crippen LogP contribution in [0, 0.1) is 0 Å². The van der Waals surface area contributed by atoms with Gasteiger partial charge in [0.05, 0.1) is 23.0 Å². The van der Waals surface area contributed by atoms with E-state index in [1.165, 1.54) is 13.8 Å². The Balaban J connectivity index is 2.00. The summed E-state index contributed by atoms with van der Waals surface area (Å²) in [5, 5.41) is 8.52. The lowest BCUT2D eigenvalue weighted by atomic mass is 9.79.